The van der Waals surface area contributed by atoms with E-state index >= 15 is 0 Å². The molecule has 0 heterocycles. The Kier molecular flexibility index (Phi) is 9.45. The van der Waals surface area contributed by atoms with E-state index in [4.69, 9.17) is 9.47 Å². The lowest BCUT2D eigenvalue weighted by atomic mass is 10.1. The average molecular weight is 481 g/mol. The average Bonchev–Trinajstić information content (AvgIpc) is 2.72. The van der Waals surface area contributed by atoms with Gasteiger partial charge in [0.05, 0.1) is 11.6 Å². The van der Waals surface area contributed by atoms with Crippen molar-refractivity contribution in [2.24, 2.45) is 0 Å². The third-order valence-corrected chi connectivity index (χ3v) is 4.97. The molecule has 154 valence electrons. The number of benzene rings is 3. The molecule has 3 aromatic rings. The third kappa shape index (κ3) is 6.74. The Morgan fingerprint density at radius 3 is 2.41 bits per heavy atom. The van der Waals surface area contributed by atoms with Gasteiger partial charge in [-0.15, -0.1) is 12.4 Å². The van der Waals surface area contributed by atoms with Crippen LogP contribution >= 0.6 is 28.3 Å². The van der Waals surface area contributed by atoms with Crippen LogP contribution in [0.25, 0.3) is 0 Å². The predicted molar refractivity (Wildman–Crippen MR) is 121 cm³/mol. The van der Waals surface area contributed by atoms with Gasteiger partial charge in [0.2, 0.25) is 0 Å². The topological polar surface area (TPSA) is 30.5 Å². The van der Waals surface area contributed by atoms with E-state index in [1.54, 1.807) is 25.3 Å². The van der Waals surface area contributed by atoms with E-state index in [-0.39, 0.29) is 24.8 Å². The molecular weight excluding hydrogens is 457 g/mol. The van der Waals surface area contributed by atoms with Crippen LogP contribution in [0.2, 0.25) is 0 Å². The van der Waals surface area contributed by atoms with Gasteiger partial charge in [0.15, 0.2) is 11.5 Å². The third-order valence-electron chi connectivity index (χ3n) is 4.38. The second-order valence-corrected chi connectivity index (χ2v) is 7.26. The molecule has 0 aliphatic carbocycles. The molecule has 0 aromatic heterocycles. The van der Waals surface area contributed by atoms with Crippen molar-refractivity contribution in [2.75, 3.05) is 13.7 Å². The zero-order chi connectivity index (χ0) is 19.8. The van der Waals surface area contributed by atoms with Crippen molar-refractivity contribution in [1.82, 2.24) is 5.32 Å². The summed E-state index contributed by atoms with van der Waals surface area (Å²) in [5, 5.41) is 3.45. The van der Waals surface area contributed by atoms with Crippen LogP contribution in [0.4, 0.5) is 4.39 Å². The minimum atomic E-state index is -0.281. The maximum atomic E-state index is 13.8. The fourth-order valence-electron chi connectivity index (χ4n) is 2.89. The molecule has 0 fully saturated rings. The van der Waals surface area contributed by atoms with Crippen molar-refractivity contribution in [3.63, 3.8) is 0 Å². The first-order valence-electron chi connectivity index (χ1n) is 9.14. The number of nitrogens with one attached hydrogen (secondary N) is 1. The number of hydrogen-bond donors (Lipinski definition) is 1. The maximum absolute atomic E-state index is 13.8. The summed E-state index contributed by atoms with van der Waals surface area (Å²) in [7, 11) is 1.60. The molecular formula is C23H24BrClFNO2. The van der Waals surface area contributed by atoms with Gasteiger partial charge in [-0.05, 0) is 58.2 Å². The highest BCUT2D eigenvalue weighted by Crippen LogP contribution is 2.37. The van der Waals surface area contributed by atoms with Crippen molar-refractivity contribution in [3.8, 4) is 11.5 Å². The second-order valence-electron chi connectivity index (χ2n) is 6.40. The lowest BCUT2D eigenvalue weighted by molar-refractivity contribution is 0.277. The monoisotopic (exact) mass is 479 g/mol. The molecule has 6 heteroatoms. The SMILES string of the molecule is COc1cc(CNCCc2ccccc2)cc(Br)c1OCc1ccccc1F.Cl. The highest BCUT2D eigenvalue weighted by atomic mass is 79.9. The summed E-state index contributed by atoms with van der Waals surface area (Å²) in [4.78, 5) is 0. The molecule has 3 aromatic carbocycles. The van der Waals surface area contributed by atoms with E-state index in [1.165, 1.54) is 11.6 Å². The van der Waals surface area contributed by atoms with Crippen LogP contribution in [0.15, 0.2) is 71.2 Å². The predicted octanol–water partition coefficient (Wildman–Crippen LogP) is 5.93. The van der Waals surface area contributed by atoms with Crippen LogP contribution in [0, 0.1) is 5.82 Å². The molecule has 0 aliphatic heterocycles. The van der Waals surface area contributed by atoms with Crippen molar-refractivity contribution < 1.29 is 13.9 Å². The minimum absolute atomic E-state index is 0. The maximum Gasteiger partial charge on any atom is 0.175 e. The van der Waals surface area contributed by atoms with Gasteiger partial charge in [0.25, 0.3) is 0 Å². The normalized spacial score (nSPS) is 10.3. The van der Waals surface area contributed by atoms with Crippen molar-refractivity contribution in [1.29, 1.82) is 0 Å². The zero-order valence-electron chi connectivity index (χ0n) is 16.2. The summed E-state index contributed by atoms with van der Waals surface area (Å²) in [6, 6.07) is 20.9. The molecule has 0 saturated carbocycles. The Balaban J connectivity index is 0.00000300. The number of halogens is 3. The van der Waals surface area contributed by atoms with Crippen LogP contribution in [0.5, 0.6) is 11.5 Å². The van der Waals surface area contributed by atoms with Gasteiger partial charge in [-0.3, -0.25) is 0 Å². The molecule has 0 saturated heterocycles. The fourth-order valence-corrected chi connectivity index (χ4v) is 3.49. The van der Waals surface area contributed by atoms with Gasteiger partial charge < -0.3 is 14.8 Å². The lowest BCUT2D eigenvalue weighted by Gasteiger charge is -2.15. The number of methoxy groups -OCH3 is 1. The van der Waals surface area contributed by atoms with Crippen LogP contribution in [-0.4, -0.2) is 13.7 Å². The molecule has 0 radical (unpaired) electrons. The number of ether oxygens (including phenoxy) is 2. The van der Waals surface area contributed by atoms with Crippen molar-refractivity contribution in [2.45, 2.75) is 19.6 Å². The summed E-state index contributed by atoms with van der Waals surface area (Å²) < 4.78 is 25.9. The van der Waals surface area contributed by atoms with Crippen LogP contribution < -0.4 is 14.8 Å². The summed E-state index contributed by atoms with van der Waals surface area (Å²) in [6.07, 6.45) is 0.975. The summed E-state index contributed by atoms with van der Waals surface area (Å²) >= 11 is 3.55. The van der Waals surface area contributed by atoms with Gasteiger partial charge in [-0.25, -0.2) is 4.39 Å². The molecule has 0 spiro atoms. The quantitative estimate of drug-likeness (QED) is 0.385. The van der Waals surface area contributed by atoms with Crippen LogP contribution in [-0.2, 0) is 19.6 Å². The Bertz CT molecular complexity index is 909. The van der Waals surface area contributed by atoms with Crippen LogP contribution in [0.3, 0.4) is 0 Å². The minimum Gasteiger partial charge on any atom is -0.493 e. The van der Waals surface area contributed by atoms with Gasteiger partial charge in [0, 0.05) is 12.1 Å². The van der Waals surface area contributed by atoms with E-state index < -0.39 is 0 Å². The zero-order valence-corrected chi connectivity index (χ0v) is 18.6. The molecule has 0 atom stereocenters. The van der Waals surface area contributed by atoms with Gasteiger partial charge >= 0.3 is 0 Å². The van der Waals surface area contributed by atoms with E-state index in [2.05, 4.69) is 45.5 Å². The first-order chi connectivity index (χ1) is 13.7. The first kappa shape index (κ1) is 23.2. The molecule has 1 N–H and O–H groups in total. The number of hydrogen-bond acceptors (Lipinski definition) is 3. The van der Waals surface area contributed by atoms with E-state index in [0.717, 1.165) is 29.5 Å². The molecule has 3 nitrogen and oxygen atoms in total. The Morgan fingerprint density at radius 2 is 1.69 bits per heavy atom. The first-order valence-corrected chi connectivity index (χ1v) is 9.94. The van der Waals surface area contributed by atoms with Crippen LogP contribution in [0.1, 0.15) is 16.7 Å². The Labute approximate surface area is 185 Å². The van der Waals surface area contributed by atoms with E-state index in [9.17, 15) is 4.39 Å². The summed E-state index contributed by atoms with van der Waals surface area (Å²) in [5.74, 6) is 0.904. The van der Waals surface area contributed by atoms with E-state index in [0.29, 0.717) is 17.1 Å². The van der Waals surface area contributed by atoms with Gasteiger partial charge in [-0.1, -0.05) is 48.5 Å². The molecule has 0 unspecified atom stereocenters. The molecule has 3 rings (SSSR count). The fraction of sp³-hybridized carbons (Fsp3) is 0.217. The summed E-state index contributed by atoms with van der Waals surface area (Å²) in [6.45, 7) is 1.74. The van der Waals surface area contributed by atoms with Crippen molar-refractivity contribution >= 4 is 28.3 Å². The Hall–Kier alpha value is -2.08. The largest absolute Gasteiger partial charge is 0.493 e. The number of rotatable bonds is 9. The highest BCUT2D eigenvalue weighted by Gasteiger charge is 2.13. The lowest BCUT2D eigenvalue weighted by Crippen LogP contribution is -2.16. The van der Waals surface area contributed by atoms with Gasteiger partial charge in [0.1, 0.15) is 12.4 Å². The molecule has 29 heavy (non-hydrogen) atoms. The molecule has 0 bridgehead atoms. The standard InChI is InChI=1S/C23H23BrFNO2.ClH/c1-27-22-14-18(15-26-12-11-17-7-3-2-4-8-17)13-20(24)23(22)28-16-19-9-5-6-10-21(19)25;/h2-10,13-14,26H,11-12,15-16H2,1H3;1H. The molecule has 0 aliphatic rings. The highest BCUT2D eigenvalue weighted by molar-refractivity contribution is 9.10. The summed E-state index contributed by atoms with van der Waals surface area (Å²) in [5.41, 5.74) is 2.89. The smallest absolute Gasteiger partial charge is 0.175 e. The van der Waals surface area contributed by atoms with E-state index in [1.807, 2.05) is 18.2 Å². The molecule has 0 amide bonds. The Morgan fingerprint density at radius 1 is 0.966 bits per heavy atom. The second kappa shape index (κ2) is 11.8. The van der Waals surface area contributed by atoms with Crippen molar-refractivity contribution in [3.05, 3.63) is 93.7 Å². The van der Waals surface area contributed by atoms with Gasteiger partial charge in [-0.2, -0.15) is 0 Å².